The number of nitrogens with one attached hydrogen (secondary N) is 2. The van der Waals surface area contributed by atoms with Crippen molar-refractivity contribution in [1.29, 1.82) is 0 Å². The molecule has 0 spiro atoms. The van der Waals surface area contributed by atoms with Gasteiger partial charge in [0.05, 0.1) is 5.75 Å². The molecule has 2 aromatic carbocycles. The Morgan fingerprint density at radius 3 is 2.10 bits per heavy atom. The molecule has 0 saturated heterocycles. The summed E-state index contributed by atoms with van der Waals surface area (Å²) in [6.07, 6.45) is 0. The highest BCUT2D eigenvalue weighted by atomic mass is 32.2. The van der Waals surface area contributed by atoms with Crippen LogP contribution in [0.3, 0.4) is 0 Å². The van der Waals surface area contributed by atoms with Gasteiger partial charge in [0, 0.05) is 16.9 Å². The van der Waals surface area contributed by atoms with Gasteiger partial charge in [0.25, 0.3) is 5.91 Å². The third-order valence-corrected chi connectivity index (χ3v) is 4.14. The molecular formula is C15H16N2O3S. The molecule has 0 radical (unpaired) electrons. The first kappa shape index (κ1) is 15.1. The van der Waals surface area contributed by atoms with Crippen LogP contribution in [-0.4, -0.2) is 20.1 Å². The fraction of sp³-hybridized carbons (Fsp3) is 0.133. The first-order valence-electron chi connectivity index (χ1n) is 6.47. The van der Waals surface area contributed by atoms with Gasteiger partial charge in [-0.2, -0.15) is 0 Å². The van der Waals surface area contributed by atoms with Crippen molar-refractivity contribution in [3.05, 3.63) is 60.2 Å². The molecule has 0 bridgehead atoms. The Kier molecular flexibility index (Phi) is 4.59. The number of rotatable bonds is 5. The standard InChI is InChI=1S/C15H16N2O3S/c1-2-21(19,20)17-14-10-8-13(9-11-14)16-15(18)12-6-4-3-5-7-12/h3-11,17H,2H2,1H3,(H,16,18). The molecule has 0 saturated carbocycles. The molecular weight excluding hydrogens is 288 g/mol. The summed E-state index contributed by atoms with van der Waals surface area (Å²) in [5.41, 5.74) is 1.63. The number of benzene rings is 2. The predicted octanol–water partition coefficient (Wildman–Crippen LogP) is 2.70. The normalized spacial score (nSPS) is 10.9. The number of amides is 1. The monoisotopic (exact) mass is 304 g/mol. The van der Waals surface area contributed by atoms with E-state index >= 15 is 0 Å². The van der Waals surface area contributed by atoms with Crippen LogP contribution in [0.25, 0.3) is 0 Å². The highest BCUT2D eigenvalue weighted by Crippen LogP contribution is 2.15. The molecule has 1 amide bonds. The largest absolute Gasteiger partial charge is 0.322 e. The summed E-state index contributed by atoms with van der Waals surface area (Å²) in [6, 6.07) is 15.4. The van der Waals surface area contributed by atoms with Crippen molar-refractivity contribution in [3.8, 4) is 0 Å². The van der Waals surface area contributed by atoms with Gasteiger partial charge in [-0.15, -0.1) is 0 Å². The Balaban J connectivity index is 2.05. The van der Waals surface area contributed by atoms with Crippen molar-refractivity contribution >= 4 is 27.3 Å². The third-order valence-electron chi connectivity index (χ3n) is 2.83. The van der Waals surface area contributed by atoms with Crippen molar-refractivity contribution in [1.82, 2.24) is 0 Å². The zero-order valence-corrected chi connectivity index (χ0v) is 12.4. The van der Waals surface area contributed by atoms with Gasteiger partial charge in [0.15, 0.2) is 0 Å². The molecule has 6 heteroatoms. The lowest BCUT2D eigenvalue weighted by Gasteiger charge is -2.08. The third kappa shape index (κ3) is 4.32. The van der Waals surface area contributed by atoms with Crippen LogP contribution in [0.1, 0.15) is 17.3 Å². The summed E-state index contributed by atoms with van der Waals surface area (Å²) >= 11 is 0. The quantitative estimate of drug-likeness (QED) is 0.891. The Labute approximate surface area is 124 Å². The smallest absolute Gasteiger partial charge is 0.255 e. The average molecular weight is 304 g/mol. The van der Waals surface area contributed by atoms with Crippen LogP contribution in [-0.2, 0) is 10.0 Å². The minimum absolute atomic E-state index is 0.0134. The maximum atomic E-state index is 12.0. The summed E-state index contributed by atoms with van der Waals surface area (Å²) in [5, 5.41) is 2.75. The van der Waals surface area contributed by atoms with Crippen LogP contribution in [0.4, 0.5) is 11.4 Å². The van der Waals surface area contributed by atoms with Crippen LogP contribution < -0.4 is 10.0 Å². The molecule has 2 aromatic rings. The fourth-order valence-corrected chi connectivity index (χ4v) is 2.31. The lowest BCUT2D eigenvalue weighted by atomic mass is 10.2. The van der Waals surface area contributed by atoms with E-state index in [1.807, 2.05) is 6.07 Å². The molecule has 2 rings (SSSR count). The summed E-state index contributed by atoms with van der Waals surface area (Å²) in [4.78, 5) is 12.0. The lowest BCUT2D eigenvalue weighted by Crippen LogP contribution is -2.15. The van der Waals surface area contributed by atoms with E-state index in [4.69, 9.17) is 0 Å². The number of carbonyl (C=O) groups is 1. The van der Waals surface area contributed by atoms with Gasteiger partial charge in [0.1, 0.15) is 0 Å². The molecule has 0 fully saturated rings. The van der Waals surface area contributed by atoms with E-state index in [0.29, 0.717) is 16.9 Å². The second-order valence-electron chi connectivity index (χ2n) is 4.40. The van der Waals surface area contributed by atoms with Crippen LogP contribution in [0.15, 0.2) is 54.6 Å². The van der Waals surface area contributed by atoms with Crippen LogP contribution in [0.5, 0.6) is 0 Å². The molecule has 0 unspecified atom stereocenters. The van der Waals surface area contributed by atoms with Gasteiger partial charge in [0.2, 0.25) is 10.0 Å². The summed E-state index contributed by atoms with van der Waals surface area (Å²) in [7, 11) is -3.29. The van der Waals surface area contributed by atoms with Crippen molar-refractivity contribution in [2.75, 3.05) is 15.8 Å². The maximum absolute atomic E-state index is 12.0. The molecule has 0 aliphatic rings. The molecule has 21 heavy (non-hydrogen) atoms. The highest BCUT2D eigenvalue weighted by Gasteiger charge is 2.08. The number of sulfonamides is 1. The Bertz CT molecular complexity index is 710. The second-order valence-corrected chi connectivity index (χ2v) is 6.41. The SMILES string of the molecule is CCS(=O)(=O)Nc1ccc(NC(=O)c2ccccc2)cc1. The van der Waals surface area contributed by atoms with Crippen LogP contribution >= 0.6 is 0 Å². The van der Waals surface area contributed by atoms with Crippen LogP contribution in [0.2, 0.25) is 0 Å². The van der Waals surface area contributed by atoms with E-state index < -0.39 is 10.0 Å². The molecule has 0 aliphatic heterocycles. The molecule has 0 aromatic heterocycles. The summed E-state index contributed by atoms with van der Waals surface area (Å²) in [5.74, 6) is -0.197. The van der Waals surface area contributed by atoms with Crippen molar-refractivity contribution in [2.24, 2.45) is 0 Å². The first-order valence-corrected chi connectivity index (χ1v) is 8.12. The van der Waals surface area contributed by atoms with Gasteiger partial charge in [-0.25, -0.2) is 8.42 Å². The molecule has 0 aliphatic carbocycles. The topological polar surface area (TPSA) is 75.3 Å². The van der Waals surface area contributed by atoms with Crippen LogP contribution in [0, 0.1) is 0 Å². The van der Waals surface area contributed by atoms with E-state index in [2.05, 4.69) is 10.0 Å². The average Bonchev–Trinajstić information content (AvgIpc) is 2.50. The van der Waals surface area contributed by atoms with E-state index in [0.717, 1.165) is 0 Å². The Hall–Kier alpha value is -2.34. The van der Waals surface area contributed by atoms with Crippen molar-refractivity contribution in [3.63, 3.8) is 0 Å². The fourth-order valence-electron chi connectivity index (χ4n) is 1.67. The first-order chi connectivity index (χ1) is 10.00. The van der Waals surface area contributed by atoms with Gasteiger partial charge in [-0.05, 0) is 43.3 Å². The number of hydrogen-bond acceptors (Lipinski definition) is 3. The minimum atomic E-state index is -3.29. The highest BCUT2D eigenvalue weighted by molar-refractivity contribution is 7.92. The lowest BCUT2D eigenvalue weighted by molar-refractivity contribution is 0.102. The zero-order chi connectivity index (χ0) is 15.3. The summed E-state index contributed by atoms with van der Waals surface area (Å²) < 4.78 is 25.3. The number of anilines is 2. The zero-order valence-electron chi connectivity index (χ0n) is 11.5. The Morgan fingerprint density at radius 1 is 0.952 bits per heavy atom. The number of carbonyl (C=O) groups excluding carboxylic acids is 1. The maximum Gasteiger partial charge on any atom is 0.255 e. The molecule has 110 valence electrons. The predicted molar refractivity (Wildman–Crippen MR) is 83.9 cm³/mol. The minimum Gasteiger partial charge on any atom is -0.322 e. The summed E-state index contributed by atoms with van der Waals surface area (Å²) in [6.45, 7) is 1.57. The van der Waals surface area contributed by atoms with Crippen molar-refractivity contribution in [2.45, 2.75) is 6.92 Å². The number of hydrogen-bond donors (Lipinski definition) is 2. The van der Waals surface area contributed by atoms with Gasteiger partial charge >= 0.3 is 0 Å². The molecule has 2 N–H and O–H groups in total. The Morgan fingerprint density at radius 2 is 1.52 bits per heavy atom. The molecule has 5 nitrogen and oxygen atoms in total. The molecule has 0 heterocycles. The van der Waals surface area contributed by atoms with Gasteiger partial charge in [-0.1, -0.05) is 18.2 Å². The van der Waals surface area contributed by atoms with Gasteiger partial charge in [-0.3, -0.25) is 9.52 Å². The van der Waals surface area contributed by atoms with E-state index in [-0.39, 0.29) is 11.7 Å². The second kappa shape index (κ2) is 6.41. The van der Waals surface area contributed by atoms with E-state index in [9.17, 15) is 13.2 Å². The molecule has 0 atom stereocenters. The van der Waals surface area contributed by atoms with Gasteiger partial charge < -0.3 is 5.32 Å². The van der Waals surface area contributed by atoms with E-state index in [1.54, 1.807) is 55.5 Å². The van der Waals surface area contributed by atoms with Crippen molar-refractivity contribution < 1.29 is 13.2 Å². The van der Waals surface area contributed by atoms with E-state index in [1.165, 1.54) is 0 Å².